The summed E-state index contributed by atoms with van der Waals surface area (Å²) in [6, 6.07) is 8.34. The molecule has 1 N–H and O–H groups in total. The molecule has 1 aliphatic heterocycles. The van der Waals surface area contributed by atoms with E-state index in [1.807, 2.05) is 12.4 Å². The molecule has 0 saturated carbocycles. The van der Waals surface area contributed by atoms with Crippen LogP contribution in [-0.4, -0.2) is 74.0 Å². The number of carbonyl (C=O) groups is 1. The molecule has 31 heavy (non-hydrogen) atoms. The average molecular weight is 443 g/mol. The highest BCUT2D eigenvalue weighted by molar-refractivity contribution is 7.09. The summed E-state index contributed by atoms with van der Waals surface area (Å²) in [5.41, 5.74) is 1.27. The molecule has 0 aromatic carbocycles. The first-order chi connectivity index (χ1) is 15.0. The minimum atomic E-state index is 0.00677. The van der Waals surface area contributed by atoms with Crippen molar-refractivity contribution in [2.45, 2.75) is 25.8 Å². The fourth-order valence-corrected chi connectivity index (χ4v) is 4.34. The van der Waals surface area contributed by atoms with Crippen LogP contribution >= 0.6 is 11.3 Å². The van der Waals surface area contributed by atoms with E-state index >= 15 is 0 Å². The Hall–Kier alpha value is -2.61. The van der Waals surface area contributed by atoms with Crippen LogP contribution in [0.1, 0.15) is 24.1 Å². The quantitative estimate of drug-likeness (QED) is 0.503. The molecule has 8 heteroatoms. The number of hydrogen-bond acceptors (Lipinski definition) is 5. The number of aliphatic imine (C=N–C) groups is 1. The van der Waals surface area contributed by atoms with Gasteiger partial charge in [-0.25, -0.2) is 4.99 Å². The Morgan fingerprint density at radius 2 is 1.97 bits per heavy atom. The van der Waals surface area contributed by atoms with Crippen molar-refractivity contribution in [3.8, 4) is 0 Å². The molecule has 0 atom stereocenters. The summed E-state index contributed by atoms with van der Waals surface area (Å²) >= 11 is 1.72. The van der Waals surface area contributed by atoms with E-state index in [1.165, 1.54) is 23.4 Å². The van der Waals surface area contributed by atoms with Gasteiger partial charge < -0.3 is 20.0 Å². The van der Waals surface area contributed by atoms with Gasteiger partial charge in [-0.2, -0.15) is 0 Å². The number of hydrogen-bond donors (Lipinski definition) is 1. The van der Waals surface area contributed by atoms with Crippen molar-refractivity contribution in [3.05, 3.63) is 46.9 Å². The number of nitrogens with one attached hydrogen (secondary N) is 1. The standard InChI is InChI=1S/C23H34N6OS/c1-27(2)22(30)18-26-23(25-17-21-5-4-16-31-21)28(3)13-8-19-9-14-29(15-10-19)20-6-11-24-12-7-20/h4-7,11-12,16,19H,8-10,13-15,17-18H2,1-3H3,(H,25,26). The van der Waals surface area contributed by atoms with E-state index in [1.54, 1.807) is 30.3 Å². The SMILES string of the molecule is CN(C)C(=O)CN=C(NCc1cccs1)N(C)CCC1CCN(c2ccncc2)CC1. The summed E-state index contributed by atoms with van der Waals surface area (Å²) in [7, 11) is 5.59. The number of nitrogens with zero attached hydrogens (tertiary/aromatic N) is 5. The van der Waals surface area contributed by atoms with Crippen molar-refractivity contribution < 1.29 is 4.79 Å². The van der Waals surface area contributed by atoms with Crippen LogP contribution in [0.5, 0.6) is 0 Å². The Kier molecular flexibility index (Phi) is 8.70. The Morgan fingerprint density at radius 3 is 2.61 bits per heavy atom. The summed E-state index contributed by atoms with van der Waals surface area (Å²) in [6.07, 6.45) is 7.25. The monoisotopic (exact) mass is 442 g/mol. The van der Waals surface area contributed by atoms with Gasteiger partial charge in [0, 0.05) is 63.7 Å². The van der Waals surface area contributed by atoms with E-state index in [4.69, 9.17) is 0 Å². The Balaban J connectivity index is 1.50. The Labute approximate surface area is 189 Å². The molecule has 0 bridgehead atoms. The first kappa shape index (κ1) is 23.1. The van der Waals surface area contributed by atoms with Gasteiger partial charge in [0.2, 0.25) is 5.91 Å². The van der Waals surface area contributed by atoms with Gasteiger partial charge in [0.25, 0.3) is 0 Å². The van der Waals surface area contributed by atoms with Crippen LogP contribution in [0.3, 0.4) is 0 Å². The lowest BCUT2D eigenvalue weighted by Crippen LogP contribution is -2.41. The third-order valence-corrected chi connectivity index (χ3v) is 6.62. The third kappa shape index (κ3) is 7.24. The van der Waals surface area contributed by atoms with Gasteiger partial charge in [0.15, 0.2) is 5.96 Å². The van der Waals surface area contributed by atoms with E-state index in [9.17, 15) is 4.79 Å². The number of thiophene rings is 1. The van der Waals surface area contributed by atoms with Crippen molar-refractivity contribution >= 4 is 28.9 Å². The molecule has 3 rings (SSSR count). The van der Waals surface area contributed by atoms with E-state index < -0.39 is 0 Å². The van der Waals surface area contributed by atoms with Crippen molar-refractivity contribution in [2.75, 3.05) is 52.2 Å². The van der Waals surface area contributed by atoms with E-state index in [2.05, 4.69) is 61.8 Å². The largest absolute Gasteiger partial charge is 0.371 e. The van der Waals surface area contributed by atoms with Crippen LogP contribution in [0.4, 0.5) is 5.69 Å². The molecule has 168 valence electrons. The average Bonchev–Trinajstić information content (AvgIpc) is 3.32. The van der Waals surface area contributed by atoms with Crippen molar-refractivity contribution in [2.24, 2.45) is 10.9 Å². The summed E-state index contributed by atoms with van der Waals surface area (Å²) in [4.78, 5) is 28.2. The molecule has 2 aromatic heterocycles. The van der Waals surface area contributed by atoms with Crippen LogP contribution in [0.15, 0.2) is 47.0 Å². The highest BCUT2D eigenvalue weighted by Gasteiger charge is 2.20. The highest BCUT2D eigenvalue weighted by Crippen LogP contribution is 2.24. The molecule has 1 saturated heterocycles. The summed E-state index contributed by atoms with van der Waals surface area (Å²) in [5, 5.41) is 5.51. The molecular weight excluding hydrogens is 408 g/mol. The van der Waals surface area contributed by atoms with Crippen molar-refractivity contribution in [3.63, 3.8) is 0 Å². The number of pyridine rings is 1. The molecule has 1 aliphatic rings. The molecule has 0 spiro atoms. The van der Waals surface area contributed by atoms with Crippen LogP contribution in [0.25, 0.3) is 0 Å². The molecule has 0 unspecified atom stereocenters. The second-order valence-corrected chi connectivity index (χ2v) is 9.24. The molecule has 1 amide bonds. The lowest BCUT2D eigenvalue weighted by Gasteiger charge is -2.34. The first-order valence-electron chi connectivity index (χ1n) is 10.9. The van der Waals surface area contributed by atoms with Gasteiger partial charge in [-0.1, -0.05) is 6.07 Å². The van der Waals surface area contributed by atoms with E-state index in [0.717, 1.165) is 38.6 Å². The number of rotatable bonds is 8. The lowest BCUT2D eigenvalue weighted by atomic mass is 9.93. The number of aromatic nitrogens is 1. The normalized spacial score (nSPS) is 15.1. The molecule has 1 fully saturated rings. The van der Waals surface area contributed by atoms with E-state index in [0.29, 0.717) is 5.92 Å². The maximum atomic E-state index is 12.0. The van der Waals surface area contributed by atoms with E-state index in [-0.39, 0.29) is 12.5 Å². The smallest absolute Gasteiger partial charge is 0.243 e. The lowest BCUT2D eigenvalue weighted by molar-refractivity contribution is -0.127. The van der Waals surface area contributed by atoms with Crippen LogP contribution in [0, 0.1) is 5.92 Å². The first-order valence-corrected chi connectivity index (χ1v) is 11.8. The zero-order valence-electron chi connectivity index (χ0n) is 18.8. The predicted octanol–water partition coefficient (Wildman–Crippen LogP) is 2.92. The zero-order chi connectivity index (χ0) is 22.1. The maximum Gasteiger partial charge on any atom is 0.243 e. The zero-order valence-corrected chi connectivity index (χ0v) is 19.6. The fourth-order valence-electron chi connectivity index (χ4n) is 3.69. The van der Waals surface area contributed by atoms with Crippen LogP contribution < -0.4 is 10.2 Å². The Morgan fingerprint density at radius 1 is 1.23 bits per heavy atom. The van der Waals surface area contributed by atoms with Crippen LogP contribution in [-0.2, 0) is 11.3 Å². The molecule has 2 aromatic rings. The van der Waals surface area contributed by atoms with Gasteiger partial charge in [-0.3, -0.25) is 9.78 Å². The second-order valence-electron chi connectivity index (χ2n) is 8.21. The minimum absolute atomic E-state index is 0.00677. The van der Waals surface area contributed by atoms with Crippen LogP contribution in [0.2, 0.25) is 0 Å². The highest BCUT2D eigenvalue weighted by atomic mass is 32.1. The maximum absolute atomic E-state index is 12.0. The topological polar surface area (TPSA) is 64.1 Å². The molecule has 3 heterocycles. The number of carbonyl (C=O) groups excluding carboxylic acids is 1. The van der Waals surface area contributed by atoms with Gasteiger partial charge in [-0.15, -0.1) is 11.3 Å². The van der Waals surface area contributed by atoms with Gasteiger partial charge in [-0.05, 0) is 48.8 Å². The van der Waals surface area contributed by atoms with Gasteiger partial charge >= 0.3 is 0 Å². The van der Waals surface area contributed by atoms with Crippen molar-refractivity contribution in [1.29, 1.82) is 0 Å². The Bertz CT molecular complexity index is 816. The summed E-state index contributed by atoms with van der Waals surface area (Å²) in [6.45, 7) is 3.99. The number of likely N-dealkylation sites (N-methyl/N-ethyl adjacent to an activating group) is 1. The summed E-state index contributed by atoms with van der Waals surface area (Å²) in [5.74, 6) is 1.51. The number of amides is 1. The summed E-state index contributed by atoms with van der Waals surface area (Å²) < 4.78 is 0. The molecule has 7 nitrogen and oxygen atoms in total. The second kappa shape index (κ2) is 11.7. The van der Waals surface area contributed by atoms with Crippen molar-refractivity contribution in [1.82, 2.24) is 20.1 Å². The van der Waals surface area contributed by atoms with Gasteiger partial charge in [0.05, 0.1) is 6.54 Å². The third-order valence-electron chi connectivity index (χ3n) is 5.74. The molecule has 0 radical (unpaired) electrons. The molecule has 0 aliphatic carbocycles. The number of piperidine rings is 1. The number of anilines is 1. The minimum Gasteiger partial charge on any atom is -0.371 e. The predicted molar refractivity (Wildman–Crippen MR) is 129 cm³/mol. The molecular formula is C23H34N6OS. The fraction of sp³-hybridized carbons (Fsp3) is 0.522. The van der Waals surface area contributed by atoms with Gasteiger partial charge in [0.1, 0.15) is 6.54 Å². The number of guanidine groups is 1.